The molecule has 1 amide bonds. The molecular weight excluding hydrogens is 316 g/mol. The molecule has 7 nitrogen and oxygen atoms in total. The summed E-state index contributed by atoms with van der Waals surface area (Å²) in [5, 5.41) is 9.87. The molecule has 7 heteroatoms. The van der Waals surface area contributed by atoms with Gasteiger partial charge in [0.15, 0.2) is 5.82 Å². The third-order valence-corrected chi connectivity index (χ3v) is 4.87. The molecule has 2 aliphatic carbocycles. The number of rotatable bonds is 5. The monoisotopic (exact) mass is 338 g/mol. The normalized spacial score (nSPS) is 16.6. The van der Waals surface area contributed by atoms with Crippen LogP contribution >= 0.6 is 0 Å². The molecule has 25 heavy (non-hydrogen) atoms. The Morgan fingerprint density at radius 3 is 2.32 bits per heavy atom. The number of aromatic nitrogens is 4. The summed E-state index contributed by atoms with van der Waals surface area (Å²) >= 11 is 0. The van der Waals surface area contributed by atoms with E-state index in [9.17, 15) is 4.79 Å². The number of aromatic amines is 1. The number of hydrogen-bond donors (Lipinski definition) is 3. The van der Waals surface area contributed by atoms with Crippen molar-refractivity contribution >= 4 is 11.7 Å². The zero-order valence-corrected chi connectivity index (χ0v) is 14.5. The number of carbonyl (C=O) groups is 1. The molecule has 4 N–H and O–H groups in total. The van der Waals surface area contributed by atoms with Crippen LogP contribution < -0.4 is 11.1 Å². The zero-order valence-electron chi connectivity index (χ0n) is 14.5. The van der Waals surface area contributed by atoms with Crippen molar-refractivity contribution in [2.24, 2.45) is 17.6 Å². The van der Waals surface area contributed by atoms with Crippen molar-refractivity contribution in [3.05, 3.63) is 35.1 Å². The Labute approximate surface area is 146 Å². The van der Waals surface area contributed by atoms with E-state index >= 15 is 0 Å². The topological polar surface area (TPSA) is 110 Å². The molecule has 0 spiro atoms. The second-order valence-electron chi connectivity index (χ2n) is 6.97. The number of hydrogen-bond acceptors (Lipinski definition) is 5. The zero-order chi connectivity index (χ0) is 17.6. The largest absolute Gasteiger partial charge is 0.394 e. The van der Waals surface area contributed by atoms with Gasteiger partial charge in [0.25, 0.3) is 5.91 Å². The second kappa shape index (κ2) is 5.98. The summed E-state index contributed by atoms with van der Waals surface area (Å²) in [4.78, 5) is 21.2. The van der Waals surface area contributed by atoms with Gasteiger partial charge in [-0.2, -0.15) is 5.10 Å². The van der Waals surface area contributed by atoms with Gasteiger partial charge in [0.2, 0.25) is 0 Å². The smallest absolute Gasteiger partial charge is 0.272 e. The molecule has 0 saturated heterocycles. The second-order valence-corrected chi connectivity index (χ2v) is 6.97. The van der Waals surface area contributed by atoms with Crippen molar-refractivity contribution in [1.82, 2.24) is 20.2 Å². The average Bonchev–Trinajstić information content (AvgIpc) is 3.51. The molecule has 130 valence electrons. The predicted molar refractivity (Wildman–Crippen MR) is 94.4 cm³/mol. The van der Waals surface area contributed by atoms with Crippen molar-refractivity contribution in [3.63, 3.8) is 0 Å². The Bertz CT molecular complexity index is 809. The molecule has 2 fully saturated rings. The van der Waals surface area contributed by atoms with E-state index in [0.717, 1.165) is 53.9 Å². The van der Waals surface area contributed by atoms with E-state index < -0.39 is 0 Å². The van der Waals surface area contributed by atoms with Crippen LogP contribution in [0.2, 0.25) is 0 Å². The first-order valence-corrected chi connectivity index (χ1v) is 8.69. The summed E-state index contributed by atoms with van der Waals surface area (Å²) < 4.78 is 0. The van der Waals surface area contributed by atoms with Gasteiger partial charge < -0.3 is 11.1 Å². The molecule has 0 radical (unpaired) electrons. The van der Waals surface area contributed by atoms with Crippen molar-refractivity contribution < 1.29 is 4.79 Å². The third kappa shape index (κ3) is 3.14. The average molecular weight is 338 g/mol. The molecule has 2 saturated carbocycles. The van der Waals surface area contributed by atoms with Gasteiger partial charge in [-0.05, 0) is 56.9 Å². The van der Waals surface area contributed by atoms with Gasteiger partial charge in [-0.1, -0.05) is 0 Å². The quantitative estimate of drug-likeness (QED) is 0.725. The van der Waals surface area contributed by atoms with E-state index in [1.54, 1.807) is 12.4 Å². The van der Waals surface area contributed by atoms with Gasteiger partial charge in [-0.25, -0.2) is 4.98 Å². The lowest BCUT2D eigenvalue weighted by Gasteiger charge is -2.11. The molecule has 0 bridgehead atoms. The van der Waals surface area contributed by atoms with E-state index in [4.69, 9.17) is 5.73 Å². The van der Waals surface area contributed by atoms with Gasteiger partial charge in [-0.3, -0.25) is 14.9 Å². The molecule has 2 aromatic heterocycles. The summed E-state index contributed by atoms with van der Waals surface area (Å²) in [7, 11) is 0. The lowest BCUT2D eigenvalue weighted by atomic mass is 10.0. The Morgan fingerprint density at radius 2 is 1.84 bits per heavy atom. The lowest BCUT2D eigenvalue weighted by Crippen LogP contribution is -2.23. The van der Waals surface area contributed by atoms with Gasteiger partial charge in [0.1, 0.15) is 0 Å². The minimum absolute atomic E-state index is 0.272. The number of nitrogens with two attached hydrogens (primary N) is 1. The lowest BCUT2D eigenvalue weighted by molar-refractivity contribution is -0.113. The number of nitrogens with one attached hydrogen (secondary N) is 2. The van der Waals surface area contributed by atoms with Crippen LogP contribution in [0.15, 0.2) is 23.7 Å². The molecule has 0 atom stereocenters. The standard InChI is InChI=1S/C18H22N6O/c1-9-15(10(2)24-23-9)13-7-21-14(8-20-13)22-18(25)17(19)16(11-3-4-11)12-5-6-12/h7-8,11-12H,3-6,19H2,1-2H3,(H,23,24)(H,21,22,25). The maximum Gasteiger partial charge on any atom is 0.272 e. The van der Waals surface area contributed by atoms with Crippen molar-refractivity contribution in [1.29, 1.82) is 0 Å². The van der Waals surface area contributed by atoms with E-state index in [0.29, 0.717) is 23.4 Å². The molecule has 0 aliphatic heterocycles. The Morgan fingerprint density at radius 1 is 1.16 bits per heavy atom. The summed E-state index contributed by atoms with van der Waals surface area (Å²) in [6.07, 6.45) is 7.80. The molecular formula is C18H22N6O. The fraction of sp³-hybridized carbons (Fsp3) is 0.444. The number of carbonyl (C=O) groups excluding carboxylic acids is 1. The first kappa shape index (κ1) is 15.8. The molecule has 2 aliphatic rings. The highest BCUT2D eigenvalue weighted by atomic mass is 16.2. The fourth-order valence-corrected chi connectivity index (χ4v) is 3.33. The van der Waals surface area contributed by atoms with Crippen LogP contribution in [0.5, 0.6) is 0 Å². The van der Waals surface area contributed by atoms with Crippen LogP contribution in [-0.4, -0.2) is 26.1 Å². The van der Waals surface area contributed by atoms with Gasteiger partial charge in [-0.15, -0.1) is 0 Å². The number of amides is 1. The predicted octanol–water partition coefficient (Wildman–Crippen LogP) is 2.45. The Kier molecular flexibility index (Phi) is 3.78. The SMILES string of the molecule is Cc1n[nH]c(C)c1-c1cnc(NC(=O)C(N)=C(C2CC2)C2CC2)cn1. The van der Waals surface area contributed by atoms with E-state index in [-0.39, 0.29) is 5.91 Å². The highest BCUT2D eigenvalue weighted by Gasteiger charge is 2.39. The molecule has 2 aromatic rings. The number of aryl methyl sites for hydroxylation is 2. The van der Waals surface area contributed by atoms with Crippen LogP contribution in [0, 0.1) is 25.7 Å². The number of allylic oxidation sites excluding steroid dienone is 1. The molecule has 0 aromatic carbocycles. The van der Waals surface area contributed by atoms with Crippen LogP contribution in [-0.2, 0) is 4.79 Å². The van der Waals surface area contributed by atoms with E-state index in [1.807, 2.05) is 13.8 Å². The van der Waals surface area contributed by atoms with E-state index in [1.165, 1.54) is 0 Å². The Balaban J connectivity index is 1.51. The highest BCUT2D eigenvalue weighted by Crippen LogP contribution is 2.49. The van der Waals surface area contributed by atoms with Crippen LogP contribution in [0.3, 0.4) is 0 Å². The number of nitrogens with zero attached hydrogens (tertiary/aromatic N) is 3. The van der Waals surface area contributed by atoms with Crippen molar-refractivity contribution in [3.8, 4) is 11.3 Å². The first-order chi connectivity index (χ1) is 12.0. The summed E-state index contributed by atoms with van der Waals surface area (Å²) in [6, 6.07) is 0. The van der Waals surface area contributed by atoms with Crippen LogP contribution in [0.1, 0.15) is 37.1 Å². The third-order valence-electron chi connectivity index (χ3n) is 4.87. The maximum absolute atomic E-state index is 12.5. The number of H-pyrrole nitrogens is 1. The van der Waals surface area contributed by atoms with Gasteiger partial charge in [0.05, 0.1) is 29.5 Å². The number of anilines is 1. The summed E-state index contributed by atoms with van der Waals surface area (Å²) in [5.74, 6) is 1.16. The summed E-state index contributed by atoms with van der Waals surface area (Å²) in [5.41, 5.74) is 11.1. The molecule has 2 heterocycles. The minimum atomic E-state index is -0.272. The maximum atomic E-state index is 12.5. The van der Waals surface area contributed by atoms with Crippen molar-refractivity contribution in [2.45, 2.75) is 39.5 Å². The summed E-state index contributed by atoms with van der Waals surface area (Å²) in [6.45, 7) is 3.86. The minimum Gasteiger partial charge on any atom is -0.394 e. The van der Waals surface area contributed by atoms with Crippen LogP contribution in [0.25, 0.3) is 11.3 Å². The van der Waals surface area contributed by atoms with Gasteiger partial charge in [0, 0.05) is 11.3 Å². The highest BCUT2D eigenvalue weighted by molar-refractivity contribution is 6.03. The first-order valence-electron chi connectivity index (χ1n) is 8.69. The Hall–Kier alpha value is -2.70. The van der Waals surface area contributed by atoms with Gasteiger partial charge >= 0.3 is 0 Å². The van der Waals surface area contributed by atoms with Crippen LogP contribution in [0.4, 0.5) is 5.82 Å². The molecule has 0 unspecified atom stereocenters. The molecule has 4 rings (SSSR count). The van der Waals surface area contributed by atoms with E-state index in [2.05, 4.69) is 25.5 Å². The van der Waals surface area contributed by atoms with Crippen molar-refractivity contribution in [2.75, 3.05) is 5.32 Å². The fourth-order valence-electron chi connectivity index (χ4n) is 3.33.